The zero-order valence-electron chi connectivity index (χ0n) is 11.0. The Hall–Kier alpha value is -1.38. The van der Waals surface area contributed by atoms with Crippen LogP contribution in [0.25, 0.3) is 10.8 Å². The molecular weight excluding hydrogens is 222 g/mol. The molecule has 0 amide bonds. The average molecular weight is 241 g/mol. The Balaban J connectivity index is 2.05. The Bertz CT molecular complexity index is 572. The van der Waals surface area contributed by atoms with Gasteiger partial charge in [0, 0.05) is 6.54 Å². The smallest absolute Gasteiger partial charge is 0.0598 e. The zero-order valence-corrected chi connectivity index (χ0v) is 11.0. The van der Waals surface area contributed by atoms with Crippen molar-refractivity contribution in [2.24, 2.45) is 0 Å². The van der Waals surface area contributed by atoms with E-state index in [2.05, 4.69) is 48.6 Å². The van der Waals surface area contributed by atoms with Gasteiger partial charge in [0.25, 0.3) is 0 Å². The van der Waals surface area contributed by atoms with Gasteiger partial charge in [-0.25, -0.2) is 0 Å². The van der Waals surface area contributed by atoms with Crippen molar-refractivity contribution in [1.29, 1.82) is 0 Å². The fourth-order valence-electron chi connectivity index (χ4n) is 2.75. The lowest BCUT2D eigenvalue weighted by Gasteiger charge is -2.42. The van der Waals surface area contributed by atoms with Crippen LogP contribution in [0.5, 0.6) is 0 Å². The number of likely N-dealkylation sites (N-methyl/N-ethyl adjacent to an activating group) is 1. The first-order valence-electron chi connectivity index (χ1n) is 6.47. The molecule has 0 aromatic heterocycles. The van der Waals surface area contributed by atoms with E-state index in [0.717, 1.165) is 19.8 Å². The molecule has 1 fully saturated rings. The first-order valence-corrected chi connectivity index (χ1v) is 6.47. The highest BCUT2D eigenvalue weighted by Crippen LogP contribution is 2.33. The number of hydrogen-bond donors (Lipinski definition) is 1. The molecule has 2 heteroatoms. The Kier molecular flexibility index (Phi) is 2.84. The van der Waals surface area contributed by atoms with Gasteiger partial charge < -0.3 is 10.1 Å². The van der Waals surface area contributed by atoms with E-state index in [1.165, 1.54) is 21.9 Å². The Morgan fingerprint density at radius 2 is 1.83 bits per heavy atom. The van der Waals surface area contributed by atoms with Crippen molar-refractivity contribution in [2.45, 2.75) is 12.3 Å². The summed E-state index contributed by atoms with van der Waals surface area (Å²) in [5.74, 6) is 0. The van der Waals surface area contributed by atoms with Crippen molar-refractivity contribution in [3.63, 3.8) is 0 Å². The molecule has 0 spiro atoms. The molecule has 0 saturated carbocycles. The van der Waals surface area contributed by atoms with Gasteiger partial charge in [0.05, 0.1) is 18.6 Å². The van der Waals surface area contributed by atoms with Crippen molar-refractivity contribution >= 4 is 10.8 Å². The summed E-state index contributed by atoms with van der Waals surface area (Å²) in [7, 11) is 2.00. The molecule has 2 aromatic rings. The molecule has 2 nitrogen and oxygen atoms in total. The van der Waals surface area contributed by atoms with E-state index in [1.54, 1.807) is 0 Å². The van der Waals surface area contributed by atoms with Crippen molar-refractivity contribution < 1.29 is 4.74 Å². The second-order valence-corrected chi connectivity index (χ2v) is 5.37. The fourth-order valence-corrected chi connectivity index (χ4v) is 2.75. The SMILES string of the molecule is CNCC1(c2ccc3cc(C)ccc3c2)COC1. The minimum atomic E-state index is 0.174. The van der Waals surface area contributed by atoms with Gasteiger partial charge in [0.1, 0.15) is 0 Å². The van der Waals surface area contributed by atoms with Gasteiger partial charge in [-0.15, -0.1) is 0 Å². The van der Waals surface area contributed by atoms with Crippen LogP contribution in [0.1, 0.15) is 11.1 Å². The molecule has 18 heavy (non-hydrogen) atoms. The van der Waals surface area contributed by atoms with Crippen LogP contribution in [-0.2, 0) is 10.2 Å². The maximum atomic E-state index is 5.44. The van der Waals surface area contributed by atoms with Crippen molar-refractivity contribution in [3.8, 4) is 0 Å². The van der Waals surface area contributed by atoms with Crippen LogP contribution in [0.4, 0.5) is 0 Å². The molecule has 1 aliphatic rings. The predicted octanol–water partition coefficient (Wildman–Crippen LogP) is 2.64. The highest BCUT2D eigenvalue weighted by Gasteiger charge is 2.39. The van der Waals surface area contributed by atoms with E-state index in [4.69, 9.17) is 4.74 Å². The van der Waals surface area contributed by atoms with E-state index in [9.17, 15) is 0 Å². The van der Waals surface area contributed by atoms with Crippen LogP contribution in [-0.4, -0.2) is 26.8 Å². The second-order valence-electron chi connectivity index (χ2n) is 5.37. The number of hydrogen-bond acceptors (Lipinski definition) is 2. The third kappa shape index (κ3) is 1.82. The number of nitrogens with one attached hydrogen (secondary N) is 1. The molecule has 0 unspecified atom stereocenters. The summed E-state index contributed by atoms with van der Waals surface area (Å²) < 4.78 is 5.44. The maximum absolute atomic E-state index is 5.44. The van der Waals surface area contributed by atoms with Crippen molar-refractivity contribution in [3.05, 3.63) is 47.5 Å². The van der Waals surface area contributed by atoms with Gasteiger partial charge in [-0.05, 0) is 30.3 Å². The second kappa shape index (κ2) is 4.38. The van der Waals surface area contributed by atoms with Crippen LogP contribution < -0.4 is 5.32 Å². The number of ether oxygens (including phenoxy) is 1. The van der Waals surface area contributed by atoms with Gasteiger partial charge in [-0.1, -0.05) is 42.0 Å². The summed E-state index contributed by atoms with van der Waals surface area (Å²) >= 11 is 0. The lowest BCUT2D eigenvalue weighted by Crippen LogP contribution is -2.52. The zero-order chi connectivity index (χ0) is 12.6. The standard InChI is InChI=1S/C16H19NO/c1-12-3-4-14-8-15(6-5-13(14)7-12)16(9-17-2)10-18-11-16/h3-8,17H,9-11H2,1-2H3. The summed E-state index contributed by atoms with van der Waals surface area (Å²) in [5.41, 5.74) is 2.88. The van der Waals surface area contributed by atoms with Gasteiger partial charge in [0.15, 0.2) is 0 Å². The maximum Gasteiger partial charge on any atom is 0.0598 e. The van der Waals surface area contributed by atoms with Crippen LogP contribution in [0, 0.1) is 6.92 Å². The monoisotopic (exact) mass is 241 g/mol. The van der Waals surface area contributed by atoms with Crippen LogP contribution in [0.15, 0.2) is 36.4 Å². The van der Waals surface area contributed by atoms with Crippen LogP contribution >= 0.6 is 0 Å². The van der Waals surface area contributed by atoms with Crippen molar-refractivity contribution in [1.82, 2.24) is 5.32 Å². The largest absolute Gasteiger partial charge is 0.379 e. The number of fused-ring (bicyclic) bond motifs is 1. The van der Waals surface area contributed by atoms with Crippen LogP contribution in [0.2, 0.25) is 0 Å². The highest BCUT2D eigenvalue weighted by molar-refractivity contribution is 5.84. The lowest BCUT2D eigenvalue weighted by atomic mass is 9.78. The minimum absolute atomic E-state index is 0.174. The number of rotatable bonds is 3. The number of benzene rings is 2. The molecule has 2 aromatic carbocycles. The topological polar surface area (TPSA) is 21.3 Å². The first kappa shape index (κ1) is 11.7. The average Bonchev–Trinajstić information content (AvgIpc) is 2.33. The molecule has 1 aliphatic heterocycles. The van der Waals surface area contributed by atoms with Crippen LogP contribution in [0.3, 0.4) is 0 Å². The summed E-state index contributed by atoms with van der Waals surface area (Å²) in [6.07, 6.45) is 0. The molecule has 3 rings (SSSR count). The van der Waals surface area contributed by atoms with E-state index in [-0.39, 0.29) is 5.41 Å². The molecular formula is C16H19NO. The summed E-state index contributed by atoms with van der Waals surface area (Å²) in [4.78, 5) is 0. The summed E-state index contributed by atoms with van der Waals surface area (Å²) in [5, 5.41) is 5.92. The molecule has 0 atom stereocenters. The van der Waals surface area contributed by atoms with Gasteiger partial charge >= 0.3 is 0 Å². The van der Waals surface area contributed by atoms with Gasteiger partial charge in [-0.3, -0.25) is 0 Å². The lowest BCUT2D eigenvalue weighted by molar-refractivity contribution is -0.0581. The Labute approximate surface area is 108 Å². The molecule has 0 radical (unpaired) electrons. The normalized spacial score (nSPS) is 17.7. The van der Waals surface area contributed by atoms with E-state index in [0.29, 0.717) is 0 Å². The van der Waals surface area contributed by atoms with E-state index in [1.807, 2.05) is 7.05 Å². The van der Waals surface area contributed by atoms with Crippen molar-refractivity contribution in [2.75, 3.05) is 26.8 Å². The molecule has 0 bridgehead atoms. The molecule has 1 saturated heterocycles. The summed E-state index contributed by atoms with van der Waals surface area (Å²) in [6.45, 7) is 4.76. The minimum Gasteiger partial charge on any atom is -0.379 e. The Morgan fingerprint density at radius 3 is 2.50 bits per heavy atom. The third-order valence-corrected chi connectivity index (χ3v) is 3.88. The highest BCUT2D eigenvalue weighted by atomic mass is 16.5. The van der Waals surface area contributed by atoms with E-state index < -0.39 is 0 Å². The molecule has 1 N–H and O–H groups in total. The predicted molar refractivity (Wildman–Crippen MR) is 75.1 cm³/mol. The van der Waals surface area contributed by atoms with E-state index >= 15 is 0 Å². The first-order chi connectivity index (χ1) is 8.73. The number of aryl methyl sites for hydroxylation is 1. The van der Waals surface area contributed by atoms with Gasteiger partial charge in [-0.2, -0.15) is 0 Å². The molecule has 0 aliphatic carbocycles. The molecule has 94 valence electrons. The quantitative estimate of drug-likeness (QED) is 0.892. The third-order valence-electron chi connectivity index (χ3n) is 3.88. The molecule has 1 heterocycles. The Morgan fingerprint density at radius 1 is 1.11 bits per heavy atom. The summed E-state index contributed by atoms with van der Waals surface area (Å²) in [6, 6.07) is 13.4. The van der Waals surface area contributed by atoms with Gasteiger partial charge in [0.2, 0.25) is 0 Å². The fraction of sp³-hybridized carbons (Fsp3) is 0.375.